The van der Waals surface area contributed by atoms with Gasteiger partial charge in [0.25, 0.3) is 0 Å². The first-order chi connectivity index (χ1) is 13.7. The van der Waals surface area contributed by atoms with Gasteiger partial charge in [-0.15, -0.1) is 0 Å². The first kappa shape index (κ1) is 22.9. The Bertz CT molecular complexity index is 729. The number of benzene rings is 1. The SMILES string of the molecule is CC[C@H]1CC[C@H](c2ccc(OCCC[Si](N=C=S)(N=C=S)N=C=S)cc2)CC1. The first-order valence-electron chi connectivity index (χ1n) is 9.66. The van der Waals surface area contributed by atoms with Crippen molar-refractivity contribution in [3.63, 3.8) is 0 Å². The summed E-state index contributed by atoms with van der Waals surface area (Å²) in [4.78, 5) is 0. The van der Waals surface area contributed by atoms with Gasteiger partial charge in [0.15, 0.2) is 0 Å². The number of hydrogen-bond acceptors (Lipinski definition) is 7. The molecule has 1 saturated carbocycles. The molecule has 0 amide bonds. The van der Waals surface area contributed by atoms with E-state index in [-0.39, 0.29) is 0 Å². The molecular formula is C20H25N3OS3Si. The van der Waals surface area contributed by atoms with Crippen molar-refractivity contribution in [3.05, 3.63) is 29.8 Å². The van der Waals surface area contributed by atoms with Crippen molar-refractivity contribution in [1.82, 2.24) is 0 Å². The molecule has 0 bridgehead atoms. The molecule has 0 unspecified atom stereocenters. The van der Waals surface area contributed by atoms with Crippen LogP contribution in [-0.4, -0.2) is 30.6 Å². The minimum Gasteiger partial charge on any atom is -0.494 e. The molecule has 0 heterocycles. The second-order valence-electron chi connectivity index (χ2n) is 7.03. The molecule has 0 radical (unpaired) electrons. The van der Waals surface area contributed by atoms with Gasteiger partial charge in [0.2, 0.25) is 0 Å². The van der Waals surface area contributed by atoms with Crippen LogP contribution in [-0.2, 0) is 0 Å². The zero-order valence-corrected chi connectivity index (χ0v) is 19.5. The lowest BCUT2D eigenvalue weighted by Gasteiger charge is -2.28. The summed E-state index contributed by atoms with van der Waals surface area (Å²) in [5.41, 5.74) is 1.43. The normalized spacial score (nSPS) is 20.6. The summed E-state index contributed by atoms with van der Waals surface area (Å²) in [5, 5.41) is 7.05. The standard InChI is InChI=1S/C20H25N3OS3Si/c1-2-17-4-6-18(7-5-17)19-8-10-20(11-9-19)24-12-3-13-28(21-14-25,22-15-26)23-16-27/h8-11,17-18H,2-7,12-13H2,1H3/t17-,18-. The summed E-state index contributed by atoms with van der Waals surface area (Å²) in [6, 6.07) is 9.10. The molecule has 8 heteroatoms. The lowest BCUT2D eigenvalue weighted by molar-refractivity contribution is 0.313. The van der Waals surface area contributed by atoms with Gasteiger partial charge >= 0.3 is 8.56 Å². The highest BCUT2D eigenvalue weighted by Gasteiger charge is 2.34. The van der Waals surface area contributed by atoms with Gasteiger partial charge in [0.1, 0.15) is 5.75 Å². The van der Waals surface area contributed by atoms with E-state index in [2.05, 4.69) is 60.6 Å². The predicted octanol–water partition coefficient (Wildman–Crippen LogP) is 6.39. The molecule has 0 spiro atoms. The maximum atomic E-state index is 5.87. The van der Waals surface area contributed by atoms with E-state index in [1.807, 2.05) is 0 Å². The molecule has 0 atom stereocenters. The largest absolute Gasteiger partial charge is 0.494 e. The molecule has 148 valence electrons. The van der Waals surface area contributed by atoms with Crippen molar-refractivity contribution in [2.45, 2.75) is 57.4 Å². The number of isothiocyanates is 3. The summed E-state index contributed by atoms with van der Waals surface area (Å²) >= 11 is 14.1. The quantitative estimate of drug-likeness (QED) is 0.180. The van der Waals surface area contributed by atoms with Gasteiger partial charge in [0, 0.05) is 6.04 Å². The fourth-order valence-corrected chi connectivity index (χ4v) is 6.56. The van der Waals surface area contributed by atoms with E-state index in [1.165, 1.54) is 37.7 Å². The summed E-state index contributed by atoms with van der Waals surface area (Å²) in [5.74, 6) is 2.48. The van der Waals surface area contributed by atoms with Gasteiger partial charge in [-0.1, -0.05) is 25.5 Å². The Kier molecular flexibility index (Phi) is 10.0. The number of ether oxygens (including phenoxy) is 1. The molecule has 28 heavy (non-hydrogen) atoms. The second-order valence-corrected chi connectivity index (χ2v) is 10.3. The Labute approximate surface area is 184 Å². The van der Waals surface area contributed by atoms with Crippen LogP contribution in [0, 0.1) is 5.92 Å². The van der Waals surface area contributed by atoms with Gasteiger partial charge in [-0.05, 0) is 98.3 Å². The molecule has 0 saturated heterocycles. The highest BCUT2D eigenvalue weighted by Crippen LogP contribution is 2.37. The molecule has 1 aromatic rings. The van der Waals surface area contributed by atoms with Crippen molar-refractivity contribution in [2.24, 2.45) is 19.9 Å². The van der Waals surface area contributed by atoms with Crippen LogP contribution in [0.25, 0.3) is 0 Å². The maximum Gasteiger partial charge on any atom is 0.461 e. The molecule has 1 aliphatic carbocycles. The topological polar surface area (TPSA) is 46.3 Å². The lowest BCUT2D eigenvalue weighted by Crippen LogP contribution is -2.28. The van der Waals surface area contributed by atoms with Gasteiger partial charge in [-0.25, -0.2) is 14.0 Å². The Morgan fingerprint density at radius 1 is 0.964 bits per heavy atom. The summed E-state index contributed by atoms with van der Waals surface area (Å²) < 4.78 is 18.2. The van der Waals surface area contributed by atoms with Gasteiger partial charge in [0.05, 0.1) is 22.1 Å². The van der Waals surface area contributed by atoms with Gasteiger partial charge < -0.3 is 4.74 Å². The minimum atomic E-state index is -2.83. The van der Waals surface area contributed by atoms with E-state index in [1.54, 1.807) is 0 Å². The van der Waals surface area contributed by atoms with E-state index in [0.29, 0.717) is 25.0 Å². The van der Waals surface area contributed by atoms with Crippen LogP contribution in [0.5, 0.6) is 5.75 Å². The number of hydrogen-bond donors (Lipinski definition) is 0. The molecule has 4 nitrogen and oxygen atoms in total. The van der Waals surface area contributed by atoms with Crippen LogP contribution >= 0.6 is 36.7 Å². The van der Waals surface area contributed by atoms with Crippen molar-refractivity contribution in [3.8, 4) is 5.75 Å². The number of nitrogens with zero attached hydrogens (tertiary/aromatic N) is 3. The van der Waals surface area contributed by atoms with Crippen LogP contribution in [0.2, 0.25) is 6.04 Å². The van der Waals surface area contributed by atoms with Crippen LogP contribution in [0.1, 0.15) is 56.9 Å². The highest BCUT2D eigenvalue weighted by molar-refractivity contribution is 7.78. The fourth-order valence-electron chi connectivity index (χ4n) is 3.70. The van der Waals surface area contributed by atoms with E-state index in [0.717, 1.165) is 11.7 Å². The molecule has 1 fully saturated rings. The second kappa shape index (κ2) is 12.3. The van der Waals surface area contributed by atoms with Crippen LogP contribution in [0.4, 0.5) is 0 Å². The average molecular weight is 448 g/mol. The summed E-state index contributed by atoms with van der Waals surface area (Å²) in [7, 11) is -2.83. The third kappa shape index (κ3) is 6.91. The summed E-state index contributed by atoms with van der Waals surface area (Å²) in [6.45, 7) is 2.83. The smallest absolute Gasteiger partial charge is 0.461 e. The van der Waals surface area contributed by atoms with Crippen LogP contribution in [0.3, 0.4) is 0 Å². The van der Waals surface area contributed by atoms with Crippen LogP contribution in [0.15, 0.2) is 38.2 Å². The Hall–Kier alpha value is -1.36. The molecule has 2 rings (SSSR count). The number of thiocarbonyl (C=S) groups is 3. The molecular weight excluding hydrogens is 423 g/mol. The van der Waals surface area contributed by atoms with Crippen molar-refractivity contribution in [1.29, 1.82) is 0 Å². The minimum absolute atomic E-state index is 0.530. The lowest BCUT2D eigenvalue weighted by atomic mass is 9.78. The van der Waals surface area contributed by atoms with Crippen molar-refractivity contribution in [2.75, 3.05) is 6.61 Å². The third-order valence-corrected chi connectivity index (χ3v) is 8.57. The van der Waals surface area contributed by atoms with Gasteiger partial charge in [-0.3, -0.25) is 0 Å². The Morgan fingerprint density at radius 2 is 1.54 bits per heavy atom. The van der Waals surface area contributed by atoms with E-state index >= 15 is 0 Å². The zero-order chi connectivity index (χ0) is 20.2. The monoisotopic (exact) mass is 447 g/mol. The van der Waals surface area contributed by atoms with Gasteiger partial charge in [-0.2, -0.15) is 0 Å². The Morgan fingerprint density at radius 3 is 2.04 bits per heavy atom. The molecule has 1 aliphatic rings. The average Bonchev–Trinajstić information content (AvgIpc) is 2.72. The van der Waals surface area contributed by atoms with E-state index in [9.17, 15) is 0 Å². The predicted molar refractivity (Wildman–Crippen MR) is 127 cm³/mol. The van der Waals surface area contributed by atoms with Crippen LogP contribution < -0.4 is 4.74 Å². The van der Waals surface area contributed by atoms with Crippen molar-refractivity contribution >= 4 is 60.7 Å². The molecule has 0 aliphatic heterocycles. The van der Waals surface area contributed by atoms with E-state index < -0.39 is 8.56 Å². The molecule has 0 aromatic heterocycles. The Balaban J connectivity index is 1.85. The number of rotatable bonds is 10. The molecule has 1 aromatic carbocycles. The maximum absolute atomic E-state index is 5.87. The highest BCUT2D eigenvalue weighted by atomic mass is 32.1. The first-order valence-corrected chi connectivity index (χ1v) is 12.9. The zero-order valence-electron chi connectivity index (χ0n) is 16.1. The third-order valence-electron chi connectivity index (χ3n) is 5.37. The molecule has 0 N–H and O–H groups in total. The fraction of sp³-hybridized carbons (Fsp3) is 0.550. The van der Waals surface area contributed by atoms with Crippen molar-refractivity contribution < 1.29 is 4.74 Å². The van der Waals surface area contributed by atoms with E-state index in [4.69, 9.17) is 41.4 Å². The summed E-state index contributed by atoms with van der Waals surface area (Å²) in [6.07, 6.45) is 7.31.